The number of hydrogen-bond acceptors (Lipinski definition) is 3. The standard InChI is InChI=1S/C21H25FN2O2/c1-17-4-2-5-20(16-17)26-15-14-23-10-3-11-24(13-12-23)21(25)18-6-8-19(22)9-7-18/h2,4-9,16H,3,10-15H2,1H3. The number of nitrogens with zero attached hydrogens (tertiary/aromatic N) is 2. The lowest BCUT2D eigenvalue weighted by atomic mass is 10.2. The first-order valence-electron chi connectivity index (χ1n) is 9.08. The molecule has 0 atom stereocenters. The van der Waals surface area contributed by atoms with E-state index in [1.54, 1.807) is 12.1 Å². The van der Waals surface area contributed by atoms with Crippen LogP contribution in [0.25, 0.3) is 0 Å². The maximum absolute atomic E-state index is 13.0. The Morgan fingerprint density at radius 3 is 2.65 bits per heavy atom. The molecule has 4 nitrogen and oxygen atoms in total. The van der Waals surface area contributed by atoms with Crippen molar-refractivity contribution in [3.05, 3.63) is 65.5 Å². The largest absolute Gasteiger partial charge is 0.492 e. The van der Waals surface area contributed by atoms with Gasteiger partial charge in [-0.15, -0.1) is 0 Å². The Labute approximate surface area is 154 Å². The minimum absolute atomic E-state index is 0.0251. The summed E-state index contributed by atoms with van der Waals surface area (Å²) in [6.07, 6.45) is 0.928. The molecule has 0 radical (unpaired) electrons. The second kappa shape index (κ2) is 8.81. The SMILES string of the molecule is Cc1cccc(OCCN2CCCN(C(=O)c3ccc(F)cc3)CC2)c1. The molecule has 0 bridgehead atoms. The molecule has 0 spiro atoms. The Hall–Kier alpha value is -2.40. The van der Waals surface area contributed by atoms with Gasteiger partial charge in [-0.1, -0.05) is 12.1 Å². The Morgan fingerprint density at radius 1 is 1.08 bits per heavy atom. The molecule has 0 N–H and O–H groups in total. The molecular formula is C21H25FN2O2. The van der Waals surface area contributed by atoms with Crippen molar-refractivity contribution < 1.29 is 13.9 Å². The van der Waals surface area contributed by atoms with E-state index < -0.39 is 0 Å². The lowest BCUT2D eigenvalue weighted by Crippen LogP contribution is -2.36. The molecule has 1 fully saturated rings. The lowest BCUT2D eigenvalue weighted by molar-refractivity contribution is 0.0760. The Morgan fingerprint density at radius 2 is 1.88 bits per heavy atom. The maximum Gasteiger partial charge on any atom is 0.253 e. The average Bonchev–Trinajstić information content (AvgIpc) is 2.88. The highest BCUT2D eigenvalue weighted by Gasteiger charge is 2.20. The molecule has 1 saturated heterocycles. The Kier molecular flexibility index (Phi) is 6.23. The third-order valence-corrected chi connectivity index (χ3v) is 4.63. The average molecular weight is 356 g/mol. The Balaban J connectivity index is 1.47. The molecule has 1 amide bonds. The van der Waals surface area contributed by atoms with Crippen molar-refractivity contribution in [2.24, 2.45) is 0 Å². The minimum Gasteiger partial charge on any atom is -0.492 e. The third kappa shape index (κ3) is 5.05. The number of amides is 1. The van der Waals surface area contributed by atoms with Crippen LogP contribution < -0.4 is 4.74 Å². The molecule has 26 heavy (non-hydrogen) atoms. The minimum atomic E-state index is -0.322. The van der Waals surface area contributed by atoms with Crippen molar-refractivity contribution >= 4 is 5.91 Å². The molecule has 0 aliphatic carbocycles. The van der Waals surface area contributed by atoms with Crippen LogP contribution in [0.15, 0.2) is 48.5 Å². The van der Waals surface area contributed by atoms with Crippen molar-refractivity contribution in [1.82, 2.24) is 9.80 Å². The molecule has 0 aromatic heterocycles. The topological polar surface area (TPSA) is 32.8 Å². The van der Waals surface area contributed by atoms with Crippen molar-refractivity contribution in [3.63, 3.8) is 0 Å². The van der Waals surface area contributed by atoms with Gasteiger partial charge in [0.2, 0.25) is 0 Å². The molecule has 1 heterocycles. The molecule has 3 rings (SSSR count). The van der Waals surface area contributed by atoms with Crippen LogP contribution in [0.5, 0.6) is 5.75 Å². The van der Waals surface area contributed by atoms with Gasteiger partial charge in [-0.2, -0.15) is 0 Å². The first-order chi connectivity index (χ1) is 12.6. The highest BCUT2D eigenvalue weighted by Crippen LogP contribution is 2.13. The van der Waals surface area contributed by atoms with Gasteiger partial charge in [-0.05, 0) is 55.3 Å². The van der Waals surface area contributed by atoms with Crippen LogP contribution in [0.4, 0.5) is 4.39 Å². The number of halogens is 1. The first-order valence-corrected chi connectivity index (χ1v) is 9.08. The predicted octanol–water partition coefficient (Wildman–Crippen LogP) is 3.36. The third-order valence-electron chi connectivity index (χ3n) is 4.63. The van der Waals surface area contributed by atoms with E-state index in [1.165, 1.54) is 17.7 Å². The summed E-state index contributed by atoms with van der Waals surface area (Å²) in [7, 11) is 0. The van der Waals surface area contributed by atoms with Crippen molar-refractivity contribution in [2.45, 2.75) is 13.3 Å². The molecule has 0 saturated carbocycles. The monoisotopic (exact) mass is 356 g/mol. The van der Waals surface area contributed by atoms with Gasteiger partial charge < -0.3 is 9.64 Å². The van der Waals surface area contributed by atoms with E-state index in [0.29, 0.717) is 18.7 Å². The van der Waals surface area contributed by atoms with Crippen LogP contribution in [0.3, 0.4) is 0 Å². The van der Waals surface area contributed by atoms with Crippen LogP contribution in [0.1, 0.15) is 22.3 Å². The van der Waals surface area contributed by atoms with Gasteiger partial charge in [-0.3, -0.25) is 9.69 Å². The molecule has 0 unspecified atom stereocenters. The van der Waals surface area contributed by atoms with Gasteiger partial charge in [0.1, 0.15) is 18.2 Å². The number of aryl methyl sites for hydroxylation is 1. The Bertz CT molecular complexity index is 733. The van der Waals surface area contributed by atoms with Crippen LogP contribution in [0, 0.1) is 12.7 Å². The van der Waals surface area contributed by atoms with Gasteiger partial charge in [-0.25, -0.2) is 4.39 Å². The van der Waals surface area contributed by atoms with Crippen LogP contribution >= 0.6 is 0 Å². The van der Waals surface area contributed by atoms with Crippen LogP contribution in [-0.2, 0) is 0 Å². The number of carbonyl (C=O) groups is 1. The predicted molar refractivity (Wildman–Crippen MR) is 100 cm³/mol. The van der Waals surface area contributed by atoms with E-state index in [1.807, 2.05) is 36.1 Å². The van der Waals surface area contributed by atoms with Crippen molar-refractivity contribution in [3.8, 4) is 5.75 Å². The fraction of sp³-hybridized carbons (Fsp3) is 0.381. The molecule has 5 heteroatoms. The zero-order chi connectivity index (χ0) is 18.4. The van der Waals surface area contributed by atoms with Crippen molar-refractivity contribution in [2.75, 3.05) is 39.3 Å². The smallest absolute Gasteiger partial charge is 0.253 e. The van der Waals surface area contributed by atoms with Gasteiger partial charge in [0, 0.05) is 38.3 Å². The summed E-state index contributed by atoms with van der Waals surface area (Å²) >= 11 is 0. The van der Waals surface area contributed by atoms with Crippen molar-refractivity contribution in [1.29, 1.82) is 0 Å². The highest BCUT2D eigenvalue weighted by molar-refractivity contribution is 5.94. The van der Waals surface area contributed by atoms with E-state index >= 15 is 0 Å². The van der Waals surface area contributed by atoms with Gasteiger partial charge >= 0.3 is 0 Å². The fourth-order valence-electron chi connectivity index (χ4n) is 3.17. The molecule has 1 aliphatic rings. The highest BCUT2D eigenvalue weighted by atomic mass is 19.1. The van der Waals surface area contributed by atoms with Crippen LogP contribution in [-0.4, -0.2) is 55.0 Å². The summed E-state index contributed by atoms with van der Waals surface area (Å²) in [6.45, 7) is 6.71. The molecule has 138 valence electrons. The second-order valence-electron chi connectivity index (χ2n) is 6.66. The summed E-state index contributed by atoms with van der Waals surface area (Å²) in [5.74, 6) is 0.549. The summed E-state index contributed by atoms with van der Waals surface area (Å²) in [4.78, 5) is 16.7. The number of hydrogen-bond donors (Lipinski definition) is 0. The summed E-state index contributed by atoms with van der Waals surface area (Å²) in [5.41, 5.74) is 1.73. The quantitative estimate of drug-likeness (QED) is 0.824. The van der Waals surface area contributed by atoms with E-state index in [9.17, 15) is 9.18 Å². The fourth-order valence-corrected chi connectivity index (χ4v) is 3.17. The summed E-state index contributed by atoms with van der Waals surface area (Å²) < 4.78 is 18.9. The molecule has 2 aromatic carbocycles. The first kappa shape index (κ1) is 18.4. The second-order valence-corrected chi connectivity index (χ2v) is 6.66. The zero-order valence-electron chi connectivity index (χ0n) is 15.2. The number of ether oxygens (including phenoxy) is 1. The number of rotatable bonds is 5. The lowest BCUT2D eigenvalue weighted by Gasteiger charge is -2.22. The van der Waals surface area contributed by atoms with Gasteiger partial charge in [0.25, 0.3) is 5.91 Å². The normalized spacial score (nSPS) is 15.5. The summed E-state index contributed by atoms with van der Waals surface area (Å²) in [5, 5.41) is 0. The van der Waals surface area contributed by atoms with Gasteiger partial charge in [0.15, 0.2) is 0 Å². The zero-order valence-corrected chi connectivity index (χ0v) is 15.2. The maximum atomic E-state index is 13.0. The molecule has 2 aromatic rings. The van der Waals surface area contributed by atoms with Gasteiger partial charge in [0.05, 0.1) is 0 Å². The van der Waals surface area contributed by atoms with E-state index in [0.717, 1.165) is 38.3 Å². The number of carbonyl (C=O) groups excluding carboxylic acids is 1. The van der Waals surface area contributed by atoms with E-state index in [-0.39, 0.29) is 11.7 Å². The molecular weight excluding hydrogens is 331 g/mol. The van der Waals surface area contributed by atoms with E-state index in [4.69, 9.17) is 4.74 Å². The van der Waals surface area contributed by atoms with Crippen LogP contribution in [0.2, 0.25) is 0 Å². The number of benzene rings is 2. The van der Waals surface area contributed by atoms with E-state index in [2.05, 4.69) is 4.90 Å². The summed E-state index contributed by atoms with van der Waals surface area (Å²) in [6, 6.07) is 13.8. The molecule has 1 aliphatic heterocycles.